The van der Waals surface area contributed by atoms with Crippen molar-refractivity contribution in [3.05, 3.63) is 33.3 Å². The van der Waals surface area contributed by atoms with E-state index in [0.717, 1.165) is 30.2 Å². The number of carbonyl (C=O) groups excluding carboxylic acids is 2. The van der Waals surface area contributed by atoms with E-state index in [1.165, 1.54) is 6.08 Å². The van der Waals surface area contributed by atoms with Gasteiger partial charge in [0.05, 0.1) is 18.3 Å². The fourth-order valence-corrected chi connectivity index (χ4v) is 4.52. The van der Waals surface area contributed by atoms with E-state index in [0.29, 0.717) is 36.6 Å². The predicted molar refractivity (Wildman–Crippen MR) is 127 cm³/mol. The summed E-state index contributed by atoms with van der Waals surface area (Å²) in [6.45, 7) is 7.21. The number of likely N-dealkylation sites (tertiary alicyclic amines) is 1. The number of hydrogen-bond acceptors (Lipinski definition) is 6. The first kappa shape index (κ1) is 24.0. The Kier molecular flexibility index (Phi) is 6.79. The van der Waals surface area contributed by atoms with Crippen molar-refractivity contribution in [3.63, 3.8) is 0 Å². The van der Waals surface area contributed by atoms with Gasteiger partial charge in [0.25, 0.3) is 11.5 Å². The number of fused-ring (bicyclic) bond motifs is 1. The Balaban J connectivity index is 1.78. The second kappa shape index (κ2) is 9.61. The lowest BCUT2D eigenvalue weighted by Gasteiger charge is -2.22. The minimum Gasteiger partial charge on any atom is -0.494 e. The van der Waals surface area contributed by atoms with Gasteiger partial charge in [0.15, 0.2) is 5.56 Å². The van der Waals surface area contributed by atoms with Crippen molar-refractivity contribution in [1.29, 1.82) is 0 Å². The van der Waals surface area contributed by atoms with Crippen LogP contribution in [-0.2, 0) is 16.1 Å². The highest BCUT2D eigenvalue weighted by atomic mass is 16.5. The lowest BCUT2D eigenvalue weighted by atomic mass is 10.1. The number of hydrogen-bond donors (Lipinski definition) is 2. The van der Waals surface area contributed by atoms with Crippen LogP contribution in [0, 0.1) is 12.8 Å². The van der Waals surface area contributed by atoms with Gasteiger partial charge in [0.2, 0.25) is 11.8 Å². The zero-order chi connectivity index (χ0) is 24.6. The molecule has 10 heteroatoms. The molecule has 0 bridgehead atoms. The van der Waals surface area contributed by atoms with Crippen LogP contribution in [0.2, 0.25) is 0 Å². The molecule has 34 heavy (non-hydrogen) atoms. The Hall–Kier alpha value is -3.14. The maximum atomic E-state index is 13.2. The maximum Gasteiger partial charge on any atom is 0.291 e. The van der Waals surface area contributed by atoms with E-state index in [4.69, 9.17) is 4.74 Å². The zero-order valence-corrected chi connectivity index (χ0v) is 20.2. The highest BCUT2D eigenvalue weighted by molar-refractivity contribution is 5.97. The van der Waals surface area contributed by atoms with Gasteiger partial charge in [-0.2, -0.15) is 9.61 Å². The highest BCUT2D eigenvalue weighted by Crippen LogP contribution is 2.26. The van der Waals surface area contributed by atoms with Crippen LogP contribution in [0.3, 0.4) is 0 Å². The number of aromatic hydroxyl groups is 1. The molecule has 1 aliphatic carbocycles. The molecular formula is C24H33N5O5. The molecule has 2 aromatic heterocycles. The summed E-state index contributed by atoms with van der Waals surface area (Å²) in [4.78, 5) is 40.7. The summed E-state index contributed by atoms with van der Waals surface area (Å²) in [6.07, 6.45) is 6.67. The van der Waals surface area contributed by atoms with Crippen LogP contribution in [-0.4, -0.2) is 68.3 Å². The number of carbonyl (C=O) groups is 2. The molecule has 2 aliphatic rings. The van der Waals surface area contributed by atoms with Crippen molar-refractivity contribution >= 4 is 23.5 Å². The molecule has 0 radical (unpaired) electrons. The molecule has 2 N–H and O–H groups in total. The van der Waals surface area contributed by atoms with Gasteiger partial charge in [-0.25, -0.2) is 0 Å². The molecule has 0 aromatic carbocycles. The average molecular weight is 472 g/mol. The second-order valence-electron chi connectivity index (χ2n) is 9.61. The van der Waals surface area contributed by atoms with Gasteiger partial charge in [-0.1, -0.05) is 13.8 Å². The number of amides is 2. The number of methoxy groups -OCH3 is 1. The lowest BCUT2D eigenvalue weighted by molar-refractivity contribution is -0.127. The van der Waals surface area contributed by atoms with Crippen molar-refractivity contribution in [2.24, 2.45) is 5.92 Å². The summed E-state index contributed by atoms with van der Waals surface area (Å²) in [5.74, 6) is -1.00. The molecule has 0 spiro atoms. The van der Waals surface area contributed by atoms with Crippen LogP contribution in [0.5, 0.6) is 5.88 Å². The van der Waals surface area contributed by atoms with Crippen LogP contribution >= 0.6 is 0 Å². The highest BCUT2D eigenvalue weighted by Gasteiger charge is 2.31. The summed E-state index contributed by atoms with van der Waals surface area (Å²) >= 11 is 0. The van der Waals surface area contributed by atoms with Crippen molar-refractivity contribution in [1.82, 2.24) is 24.4 Å². The van der Waals surface area contributed by atoms with Gasteiger partial charge >= 0.3 is 0 Å². The third kappa shape index (κ3) is 4.59. The van der Waals surface area contributed by atoms with Crippen molar-refractivity contribution in [2.45, 2.75) is 65.1 Å². The second-order valence-corrected chi connectivity index (χ2v) is 9.61. The maximum absolute atomic E-state index is 13.2. The number of ether oxygens (including phenoxy) is 1. The SMILES string of the molecule is COC[C@@H]1CCCN1C(=O)/C=C/c1c(C)nn2c(=O)c(C(=O)NC3CC3)c(O)n(CC(C)C)c12. The van der Waals surface area contributed by atoms with Gasteiger partial charge in [-0.3, -0.25) is 19.0 Å². The first-order valence-electron chi connectivity index (χ1n) is 11.9. The Morgan fingerprint density at radius 2 is 2.03 bits per heavy atom. The molecule has 0 unspecified atom stereocenters. The average Bonchev–Trinajstić information content (AvgIpc) is 3.35. The fraction of sp³-hybridized carbons (Fsp3) is 0.583. The number of nitrogens with one attached hydrogen (secondary N) is 1. The van der Waals surface area contributed by atoms with Crippen molar-refractivity contribution in [3.8, 4) is 5.88 Å². The third-order valence-electron chi connectivity index (χ3n) is 6.32. The van der Waals surface area contributed by atoms with Crippen molar-refractivity contribution < 1.29 is 19.4 Å². The molecule has 1 aliphatic heterocycles. The van der Waals surface area contributed by atoms with Gasteiger partial charge in [0.1, 0.15) is 5.65 Å². The van der Waals surface area contributed by atoms with E-state index in [1.54, 1.807) is 29.6 Å². The van der Waals surface area contributed by atoms with E-state index in [2.05, 4.69) is 10.4 Å². The Bertz CT molecular complexity index is 1190. The fourth-order valence-electron chi connectivity index (χ4n) is 4.52. The van der Waals surface area contributed by atoms with E-state index in [9.17, 15) is 19.5 Å². The van der Waals surface area contributed by atoms with Crippen molar-refractivity contribution in [2.75, 3.05) is 20.3 Å². The minimum absolute atomic E-state index is 0.0388. The summed E-state index contributed by atoms with van der Waals surface area (Å²) in [7, 11) is 1.62. The van der Waals surface area contributed by atoms with E-state index in [-0.39, 0.29) is 35.4 Å². The first-order chi connectivity index (χ1) is 16.2. The monoisotopic (exact) mass is 471 g/mol. The summed E-state index contributed by atoms with van der Waals surface area (Å²) in [5, 5.41) is 18.2. The van der Waals surface area contributed by atoms with E-state index in [1.807, 2.05) is 13.8 Å². The largest absolute Gasteiger partial charge is 0.494 e. The molecule has 1 saturated carbocycles. The van der Waals surface area contributed by atoms with Gasteiger partial charge in [0, 0.05) is 37.9 Å². The molecule has 184 valence electrons. The van der Waals surface area contributed by atoms with Crippen LogP contribution in [0.4, 0.5) is 0 Å². The topological polar surface area (TPSA) is 118 Å². The first-order valence-corrected chi connectivity index (χ1v) is 11.9. The van der Waals surface area contributed by atoms with Crippen LogP contribution in [0.15, 0.2) is 10.9 Å². The summed E-state index contributed by atoms with van der Waals surface area (Å²) in [5.41, 5.74) is 0.439. The van der Waals surface area contributed by atoms with Crippen LogP contribution in [0.25, 0.3) is 11.7 Å². The molecule has 10 nitrogen and oxygen atoms in total. The van der Waals surface area contributed by atoms with Crippen LogP contribution < -0.4 is 10.9 Å². The number of nitrogens with zero attached hydrogens (tertiary/aromatic N) is 4. The summed E-state index contributed by atoms with van der Waals surface area (Å²) in [6, 6.07) is 0.0831. The number of aromatic nitrogens is 3. The van der Waals surface area contributed by atoms with Gasteiger partial charge in [-0.05, 0) is 44.6 Å². The standard InChI is InChI=1S/C24H33N5O5/c1-14(2)12-28-22-18(9-10-19(30)27-11-5-6-17(27)13-34-4)15(3)26-29(22)24(33)20(23(28)32)21(31)25-16-7-8-16/h9-10,14,16-17,32H,5-8,11-13H2,1-4H3,(H,25,31)/b10-9+/t17-/m0/s1. The smallest absolute Gasteiger partial charge is 0.291 e. The quantitative estimate of drug-likeness (QED) is 0.566. The Labute approximate surface area is 198 Å². The Morgan fingerprint density at radius 1 is 1.29 bits per heavy atom. The lowest BCUT2D eigenvalue weighted by Crippen LogP contribution is -2.37. The zero-order valence-electron chi connectivity index (χ0n) is 20.2. The normalized spacial score (nSPS) is 18.5. The predicted octanol–water partition coefficient (Wildman–Crippen LogP) is 1.71. The Morgan fingerprint density at radius 3 is 2.68 bits per heavy atom. The molecule has 1 saturated heterocycles. The van der Waals surface area contributed by atoms with Crippen LogP contribution in [0.1, 0.15) is 61.1 Å². The molecule has 1 atom stereocenters. The number of rotatable bonds is 8. The minimum atomic E-state index is -0.681. The van der Waals surface area contributed by atoms with Gasteiger partial charge in [-0.15, -0.1) is 0 Å². The van der Waals surface area contributed by atoms with E-state index < -0.39 is 11.5 Å². The molecule has 4 rings (SSSR count). The van der Waals surface area contributed by atoms with Gasteiger partial charge < -0.3 is 20.1 Å². The molecule has 2 fully saturated rings. The van der Waals surface area contributed by atoms with E-state index >= 15 is 0 Å². The number of aryl methyl sites for hydroxylation is 1. The summed E-state index contributed by atoms with van der Waals surface area (Å²) < 4.78 is 7.94. The molecule has 2 amide bonds. The third-order valence-corrected chi connectivity index (χ3v) is 6.32. The molecule has 2 aromatic rings. The molecule has 3 heterocycles. The molecular weight excluding hydrogens is 438 g/mol.